The average molecular weight is 435 g/mol. The molecule has 2 atom stereocenters. The van der Waals surface area contributed by atoms with E-state index in [9.17, 15) is 9.18 Å². The molecule has 0 aromatic heterocycles. The molecule has 0 bridgehead atoms. The number of morpholine rings is 1. The van der Waals surface area contributed by atoms with E-state index in [1.54, 1.807) is 32.4 Å². The Bertz CT molecular complexity index is 1060. The van der Waals surface area contributed by atoms with E-state index >= 15 is 0 Å². The van der Waals surface area contributed by atoms with Crippen LogP contribution in [-0.4, -0.2) is 38.1 Å². The lowest BCUT2D eigenvalue weighted by Crippen LogP contribution is -2.44. The Kier molecular flexibility index (Phi) is 6.71. The van der Waals surface area contributed by atoms with Gasteiger partial charge in [-0.15, -0.1) is 0 Å². The molecule has 1 aliphatic rings. The number of ether oxygens (including phenoxy) is 3. The van der Waals surface area contributed by atoms with E-state index in [0.29, 0.717) is 24.6 Å². The Morgan fingerprint density at radius 2 is 1.59 bits per heavy atom. The number of hydrogen-bond donors (Lipinski definition) is 0. The van der Waals surface area contributed by atoms with Crippen molar-refractivity contribution >= 4 is 5.91 Å². The van der Waals surface area contributed by atoms with E-state index in [0.717, 1.165) is 16.7 Å². The van der Waals surface area contributed by atoms with Crippen LogP contribution in [0.4, 0.5) is 4.39 Å². The molecule has 0 spiro atoms. The zero-order chi connectivity index (χ0) is 22.5. The van der Waals surface area contributed by atoms with Crippen molar-refractivity contribution in [2.75, 3.05) is 27.3 Å². The van der Waals surface area contributed by atoms with Gasteiger partial charge in [0.15, 0.2) is 0 Å². The lowest BCUT2D eigenvalue weighted by Gasteiger charge is -2.38. The highest BCUT2D eigenvalue weighted by Gasteiger charge is 2.32. The number of carbonyl (C=O) groups is 1. The van der Waals surface area contributed by atoms with Gasteiger partial charge in [0.2, 0.25) is 5.91 Å². The predicted octanol–water partition coefficient (Wildman–Crippen LogP) is 4.73. The average Bonchev–Trinajstić information content (AvgIpc) is 2.85. The second-order valence-electron chi connectivity index (χ2n) is 7.73. The summed E-state index contributed by atoms with van der Waals surface area (Å²) in [7, 11) is 3.17. The highest BCUT2D eigenvalue weighted by atomic mass is 19.1. The third-order valence-electron chi connectivity index (χ3n) is 5.70. The van der Waals surface area contributed by atoms with Crippen LogP contribution < -0.4 is 9.47 Å². The molecule has 3 aromatic carbocycles. The van der Waals surface area contributed by atoms with Crippen molar-refractivity contribution in [2.45, 2.75) is 18.6 Å². The number of halogens is 1. The van der Waals surface area contributed by atoms with Crippen molar-refractivity contribution in [1.82, 2.24) is 4.90 Å². The van der Waals surface area contributed by atoms with E-state index in [4.69, 9.17) is 14.2 Å². The first-order chi connectivity index (χ1) is 15.6. The van der Waals surface area contributed by atoms with E-state index in [2.05, 4.69) is 0 Å². The normalized spacial score (nSPS) is 18.3. The molecule has 0 N–H and O–H groups in total. The highest BCUT2D eigenvalue weighted by Crippen LogP contribution is 2.34. The van der Waals surface area contributed by atoms with Crippen molar-refractivity contribution in [1.29, 1.82) is 0 Å². The monoisotopic (exact) mass is 435 g/mol. The predicted molar refractivity (Wildman–Crippen MR) is 119 cm³/mol. The van der Waals surface area contributed by atoms with E-state index in [1.807, 2.05) is 47.4 Å². The molecule has 5 nitrogen and oxygen atoms in total. The van der Waals surface area contributed by atoms with Gasteiger partial charge >= 0.3 is 0 Å². The number of methoxy groups -OCH3 is 2. The lowest BCUT2D eigenvalue weighted by atomic mass is 10.0. The van der Waals surface area contributed by atoms with Crippen LogP contribution in [0.2, 0.25) is 0 Å². The number of amides is 1. The summed E-state index contributed by atoms with van der Waals surface area (Å²) in [5, 5.41) is 0. The summed E-state index contributed by atoms with van der Waals surface area (Å²) >= 11 is 0. The smallest absolute Gasteiger partial charge is 0.227 e. The molecule has 1 saturated heterocycles. The Morgan fingerprint density at radius 1 is 0.938 bits per heavy atom. The first-order valence-corrected chi connectivity index (χ1v) is 10.5. The van der Waals surface area contributed by atoms with Crippen LogP contribution in [0.25, 0.3) is 0 Å². The van der Waals surface area contributed by atoms with Gasteiger partial charge < -0.3 is 19.1 Å². The molecule has 1 aliphatic heterocycles. The lowest BCUT2D eigenvalue weighted by molar-refractivity contribution is -0.146. The van der Waals surface area contributed by atoms with Gasteiger partial charge in [0.25, 0.3) is 0 Å². The third-order valence-corrected chi connectivity index (χ3v) is 5.70. The van der Waals surface area contributed by atoms with Gasteiger partial charge in [0.1, 0.15) is 29.5 Å². The molecule has 2 unspecified atom stereocenters. The van der Waals surface area contributed by atoms with Crippen LogP contribution in [0.3, 0.4) is 0 Å². The molecule has 0 aliphatic carbocycles. The summed E-state index contributed by atoms with van der Waals surface area (Å²) in [5.41, 5.74) is 2.63. The summed E-state index contributed by atoms with van der Waals surface area (Å²) < 4.78 is 30.5. The van der Waals surface area contributed by atoms with Crippen molar-refractivity contribution in [3.05, 3.63) is 95.3 Å². The quantitative estimate of drug-likeness (QED) is 0.562. The molecular formula is C26H26FNO4. The fourth-order valence-electron chi connectivity index (χ4n) is 3.95. The largest absolute Gasteiger partial charge is 0.497 e. The van der Waals surface area contributed by atoms with Crippen molar-refractivity contribution < 1.29 is 23.4 Å². The van der Waals surface area contributed by atoms with Gasteiger partial charge in [-0.2, -0.15) is 0 Å². The second kappa shape index (κ2) is 9.83. The zero-order valence-electron chi connectivity index (χ0n) is 18.2. The summed E-state index contributed by atoms with van der Waals surface area (Å²) in [6.07, 6.45) is -0.428. The second-order valence-corrected chi connectivity index (χ2v) is 7.73. The summed E-state index contributed by atoms with van der Waals surface area (Å²) in [4.78, 5) is 15.1. The number of nitrogens with zero attached hydrogens (tertiary/aromatic N) is 1. The molecule has 166 valence electrons. The summed E-state index contributed by atoms with van der Waals surface area (Å²) in [6.45, 7) is 0.839. The Morgan fingerprint density at radius 3 is 2.22 bits per heavy atom. The molecule has 0 radical (unpaired) electrons. The number of benzene rings is 3. The standard InChI is InChI=1S/C26H26FNO4/c1-30-22-13-10-20(23(15-22)31-2)14-26(29)28-16-24(18-6-4-3-5-7-18)32-25(17-28)19-8-11-21(27)12-9-19/h3-13,15,24-25H,14,16-17H2,1-2H3. The first kappa shape index (κ1) is 21.8. The van der Waals surface area contributed by atoms with Gasteiger partial charge in [-0.05, 0) is 29.3 Å². The maximum absolute atomic E-state index is 13.4. The van der Waals surface area contributed by atoms with Crippen molar-refractivity contribution in [3.8, 4) is 11.5 Å². The fourth-order valence-corrected chi connectivity index (χ4v) is 3.95. The molecule has 0 saturated carbocycles. The fraction of sp³-hybridized carbons (Fsp3) is 0.269. The molecule has 6 heteroatoms. The van der Waals surface area contributed by atoms with Crippen LogP contribution >= 0.6 is 0 Å². The maximum Gasteiger partial charge on any atom is 0.227 e. The number of rotatable bonds is 6. The minimum absolute atomic E-state index is 0.0233. The third kappa shape index (κ3) is 4.92. The van der Waals surface area contributed by atoms with Gasteiger partial charge in [0, 0.05) is 11.6 Å². The van der Waals surface area contributed by atoms with E-state index in [-0.39, 0.29) is 30.4 Å². The summed E-state index contributed by atoms with van der Waals surface area (Å²) in [5.74, 6) is 0.958. The number of carbonyl (C=O) groups excluding carboxylic acids is 1. The minimum atomic E-state index is -0.351. The molecule has 1 fully saturated rings. The highest BCUT2D eigenvalue weighted by molar-refractivity contribution is 5.80. The van der Waals surface area contributed by atoms with E-state index in [1.165, 1.54) is 12.1 Å². The van der Waals surface area contributed by atoms with E-state index < -0.39 is 0 Å². The van der Waals surface area contributed by atoms with Crippen LogP contribution in [0.1, 0.15) is 28.9 Å². The van der Waals surface area contributed by atoms with Crippen LogP contribution in [-0.2, 0) is 16.0 Å². The SMILES string of the molecule is COc1ccc(CC(=O)N2CC(c3ccccc3)OC(c3ccc(F)cc3)C2)c(OC)c1. The van der Waals surface area contributed by atoms with Crippen LogP contribution in [0, 0.1) is 5.82 Å². The molecule has 1 amide bonds. The topological polar surface area (TPSA) is 48.0 Å². The van der Waals surface area contributed by atoms with Gasteiger partial charge in [-0.3, -0.25) is 4.79 Å². The zero-order valence-corrected chi connectivity index (χ0v) is 18.2. The van der Waals surface area contributed by atoms with Crippen molar-refractivity contribution in [3.63, 3.8) is 0 Å². The summed E-state index contributed by atoms with van der Waals surface area (Å²) in [6, 6.07) is 21.5. The molecule has 4 rings (SSSR count). The van der Waals surface area contributed by atoms with Gasteiger partial charge in [-0.25, -0.2) is 4.39 Å². The van der Waals surface area contributed by atoms with Gasteiger partial charge in [-0.1, -0.05) is 48.5 Å². The van der Waals surface area contributed by atoms with Crippen LogP contribution in [0.5, 0.6) is 11.5 Å². The Labute approximate surface area is 187 Å². The number of hydrogen-bond acceptors (Lipinski definition) is 4. The molecule has 3 aromatic rings. The molecular weight excluding hydrogens is 409 g/mol. The van der Waals surface area contributed by atoms with Crippen molar-refractivity contribution in [2.24, 2.45) is 0 Å². The van der Waals surface area contributed by atoms with Crippen LogP contribution in [0.15, 0.2) is 72.8 Å². The maximum atomic E-state index is 13.4. The molecule has 32 heavy (non-hydrogen) atoms. The molecule has 1 heterocycles. The minimum Gasteiger partial charge on any atom is -0.497 e. The van der Waals surface area contributed by atoms with Gasteiger partial charge in [0.05, 0.1) is 33.7 Å². The first-order valence-electron chi connectivity index (χ1n) is 10.5. The Hall–Kier alpha value is -3.38. The Balaban J connectivity index is 1.58.